The van der Waals surface area contributed by atoms with Crippen LogP contribution in [0.1, 0.15) is 17.5 Å². The summed E-state index contributed by atoms with van der Waals surface area (Å²) in [6.45, 7) is 0.967. The summed E-state index contributed by atoms with van der Waals surface area (Å²) in [5.41, 5.74) is 1.00. The average molecular weight is 252 g/mol. The number of hydrogen-bond acceptors (Lipinski definition) is 4. The maximum absolute atomic E-state index is 13.2. The number of nitrogens with one attached hydrogen (secondary N) is 1. The van der Waals surface area contributed by atoms with E-state index in [4.69, 9.17) is 15.1 Å². The Morgan fingerprint density at radius 3 is 2.89 bits per heavy atom. The third kappa shape index (κ3) is 4.80. The van der Waals surface area contributed by atoms with Gasteiger partial charge in [0.15, 0.2) is 0 Å². The van der Waals surface area contributed by atoms with Gasteiger partial charge in [-0.25, -0.2) is 4.39 Å². The van der Waals surface area contributed by atoms with Crippen molar-refractivity contribution in [2.45, 2.75) is 19.0 Å². The van der Waals surface area contributed by atoms with Gasteiger partial charge in [0.25, 0.3) is 0 Å². The minimum Gasteiger partial charge on any atom is -0.396 e. The maximum Gasteiger partial charge on any atom is 0.124 e. The van der Waals surface area contributed by atoms with Crippen LogP contribution >= 0.6 is 0 Å². The van der Waals surface area contributed by atoms with Crippen molar-refractivity contribution >= 4 is 0 Å². The van der Waals surface area contributed by atoms with E-state index in [0.717, 1.165) is 0 Å². The molecule has 0 bridgehead atoms. The molecule has 0 spiro atoms. The van der Waals surface area contributed by atoms with Crippen LogP contribution in [0.4, 0.5) is 4.39 Å². The first-order valence-corrected chi connectivity index (χ1v) is 5.72. The largest absolute Gasteiger partial charge is 0.396 e. The molecule has 1 rings (SSSR count). The molecule has 5 heteroatoms. The van der Waals surface area contributed by atoms with Gasteiger partial charge in [0.2, 0.25) is 0 Å². The van der Waals surface area contributed by atoms with Gasteiger partial charge in [-0.05, 0) is 30.2 Å². The van der Waals surface area contributed by atoms with Crippen LogP contribution in [0.2, 0.25) is 0 Å². The van der Waals surface area contributed by atoms with E-state index in [1.54, 1.807) is 13.2 Å². The zero-order valence-electron chi connectivity index (χ0n) is 10.3. The minimum atomic E-state index is -0.420. The third-order valence-electron chi connectivity index (χ3n) is 2.53. The first-order valence-electron chi connectivity index (χ1n) is 5.72. The number of ether oxygens (including phenoxy) is 1. The predicted molar refractivity (Wildman–Crippen MR) is 65.3 cm³/mol. The molecule has 1 aromatic carbocycles. The number of hydrogen-bond donors (Lipinski definition) is 2. The molecule has 98 valence electrons. The Morgan fingerprint density at radius 2 is 2.28 bits per heavy atom. The zero-order valence-corrected chi connectivity index (χ0v) is 10.3. The summed E-state index contributed by atoms with van der Waals surface area (Å²) in [5.74, 6) is -0.420. The fraction of sp³-hybridized carbons (Fsp3) is 0.462. The van der Waals surface area contributed by atoms with Crippen molar-refractivity contribution < 1.29 is 14.2 Å². The van der Waals surface area contributed by atoms with Gasteiger partial charge in [-0.3, -0.25) is 0 Å². The lowest BCUT2D eigenvalue weighted by atomic mass is 10.1. The molecule has 0 heterocycles. The quantitative estimate of drug-likeness (QED) is 0.765. The number of benzene rings is 1. The lowest BCUT2D eigenvalue weighted by molar-refractivity contribution is 0.148. The van der Waals surface area contributed by atoms with Crippen LogP contribution in [-0.4, -0.2) is 31.5 Å². The van der Waals surface area contributed by atoms with Crippen LogP contribution in [0.15, 0.2) is 18.2 Å². The van der Waals surface area contributed by atoms with Gasteiger partial charge in [-0.15, -0.1) is 0 Å². The summed E-state index contributed by atoms with van der Waals surface area (Å²) in [4.78, 5) is 0. The van der Waals surface area contributed by atoms with E-state index in [-0.39, 0.29) is 12.6 Å². The summed E-state index contributed by atoms with van der Waals surface area (Å²) in [6.07, 6.45) is 0.564. The summed E-state index contributed by atoms with van der Waals surface area (Å²) < 4.78 is 18.2. The number of aliphatic hydroxyl groups is 1. The van der Waals surface area contributed by atoms with Crippen LogP contribution in [-0.2, 0) is 11.3 Å². The first-order chi connectivity index (χ1) is 8.69. The zero-order chi connectivity index (χ0) is 13.4. The highest BCUT2D eigenvalue weighted by Crippen LogP contribution is 2.09. The smallest absolute Gasteiger partial charge is 0.124 e. The molecule has 2 N–H and O–H groups in total. The van der Waals surface area contributed by atoms with Crippen LogP contribution < -0.4 is 5.32 Å². The molecular weight excluding hydrogens is 235 g/mol. The number of methoxy groups -OCH3 is 1. The molecule has 0 aliphatic heterocycles. The molecular formula is C13H17FN2O2. The predicted octanol–water partition coefficient (Wildman–Crippen LogP) is 1.18. The van der Waals surface area contributed by atoms with E-state index >= 15 is 0 Å². The van der Waals surface area contributed by atoms with Crippen molar-refractivity contribution in [3.63, 3.8) is 0 Å². The molecule has 18 heavy (non-hydrogen) atoms. The fourth-order valence-corrected chi connectivity index (χ4v) is 1.68. The highest BCUT2D eigenvalue weighted by molar-refractivity contribution is 5.33. The maximum atomic E-state index is 13.2. The molecule has 0 aromatic heterocycles. The monoisotopic (exact) mass is 252 g/mol. The Labute approximate surface area is 106 Å². The Hall–Kier alpha value is -1.48. The molecule has 0 radical (unpaired) electrons. The van der Waals surface area contributed by atoms with Gasteiger partial charge in [-0.2, -0.15) is 5.26 Å². The number of rotatable bonds is 7. The highest BCUT2D eigenvalue weighted by Gasteiger charge is 2.08. The lowest BCUT2D eigenvalue weighted by Gasteiger charge is -2.16. The normalized spacial score (nSPS) is 12.1. The van der Waals surface area contributed by atoms with Gasteiger partial charge < -0.3 is 15.2 Å². The standard InChI is InChI=1S/C13H17FN2O2/c1-18-9-13(2-3-17)16-8-11-4-10(7-15)5-12(14)6-11/h4-6,13,16-17H,2-3,8-9H2,1H3. The Morgan fingerprint density at radius 1 is 1.50 bits per heavy atom. The van der Waals surface area contributed by atoms with Gasteiger partial charge in [-0.1, -0.05) is 0 Å². The topological polar surface area (TPSA) is 65.3 Å². The molecule has 0 aliphatic carbocycles. The number of nitrogens with zero attached hydrogens (tertiary/aromatic N) is 1. The van der Waals surface area contributed by atoms with Crippen LogP contribution in [0.3, 0.4) is 0 Å². The van der Waals surface area contributed by atoms with E-state index in [0.29, 0.717) is 30.7 Å². The summed E-state index contributed by atoms with van der Waals surface area (Å²) in [7, 11) is 1.59. The SMILES string of the molecule is COCC(CCO)NCc1cc(F)cc(C#N)c1. The van der Waals surface area contributed by atoms with Crippen molar-refractivity contribution in [1.29, 1.82) is 5.26 Å². The molecule has 0 saturated heterocycles. The van der Waals surface area contributed by atoms with E-state index in [9.17, 15) is 4.39 Å². The lowest BCUT2D eigenvalue weighted by Crippen LogP contribution is -2.33. The second kappa shape index (κ2) is 7.77. The summed E-state index contributed by atoms with van der Waals surface area (Å²) in [5, 5.41) is 20.8. The average Bonchev–Trinajstić information content (AvgIpc) is 2.36. The molecule has 1 aromatic rings. The Bertz CT molecular complexity index is 412. The van der Waals surface area contributed by atoms with Crippen molar-refractivity contribution in [3.05, 3.63) is 35.1 Å². The molecule has 1 atom stereocenters. The van der Waals surface area contributed by atoms with Crippen LogP contribution in [0, 0.1) is 17.1 Å². The molecule has 0 saturated carbocycles. The van der Waals surface area contributed by atoms with E-state index in [1.165, 1.54) is 12.1 Å². The Kier molecular flexibility index (Phi) is 6.29. The highest BCUT2D eigenvalue weighted by atomic mass is 19.1. The van der Waals surface area contributed by atoms with E-state index in [1.807, 2.05) is 6.07 Å². The molecule has 0 aliphatic rings. The number of aliphatic hydroxyl groups excluding tert-OH is 1. The third-order valence-corrected chi connectivity index (χ3v) is 2.53. The van der Waals surface area contributed by atoms with Crippen molar-refractivity contribution in [1.82, 2.24) is 5.32 Å². The minimum absolute atomic E-state index is 0.00815. The first kappa shape index (κ1) is 14.6. The van der Waals surface area contributed by atoms with E-state index in [2.05, 4.69) is 5.32 Å². The van der Waals surface area contributed by atoms with Gasteiger partial charge >= 0.3 is 0 Å². The second-order valence-corrected chi connectivity index (χ2v) is 4.01. The number of halogens is 1. The van der Waals surface area contributed by atoms with Crippen molar-refractivity contribution in [3.8, 4) is 6.07 Å². The van der Waals surface area contributed by atoms with Gasteiger partial charge in [0, 0.05) is 26.3 Å². The molecule has 1 unspecified atom stereocenters. The van der Waals surface area contributed by atoms with E-state index < -0.39 is 5.82 Å². The second-order valence-electron chi connectivity index (χ2n) is 4.01. The molecule has 4 nitrogen and oxygen atoms in total. The van der Waals surface area contributed by atoms with Crippen LogP contribution in [0.25, 0.3) is 0 Å². The summed E-state index contributed by atoms with van der Waals surface area (Å²) >= 11 is 0. The molecule has 0 amide bonds. The number of nitriles is 1. The van der Waals surface area contributed by atoms with Gasteiger partial charge in [0.05, 0.1) is 18.2 Å². The van der Waals surface area contributed by atoms with Crippen LogP contribution in [0.5, 0.6) is 0 Å². The van der Waals surface area contributed by atoms with Crippen molar-refractivity contribution in [2.24, 2.45) is 0 Å². The fourth-order valence-electron chi connectivity index (χ4n) is 1.68. The Balaban J connectivity index is 2.61. The van der Waals surface area contributed by atoms with Crippen molar-refractivity contribution in [2.75, 3.05) is 20.3 Å². The summed E-state index contributed by atoms with van der Waals surface area (Å²) in [6, 6.07) is 6.14. The molecule has 0 fully saturated rings. The van der Waals surface area contributed by atoms with Gasteiger partial charge in [0.1, 0.15) is 5.82 Å².